The van der Waals surface area contributed by atoms with E-state index in [0.717, 1.165) is 30.5 Å². The predicted octanol–water partition coefficient (Wildman–Crippen LogP) is 8.25. The van der Waals surface area contributed by atoms with Gasteiger partial charge in [-0.15, -0.1) is 0 Å². The molecule has 3 aromatic carbocycles. The first-order valence-electron chi connectivity index (χ1n) is 16.9. The normalized spacial score (nSPS) is 17.2. The molecule has 2 aliphatic carbocycles. The van der Waals surface area contributed by atoms with Gasteiger partial charge in [-0.25, -0.2) is 4.79 Å². The van der Waals surface area contributed by atoms with Crippen molar-refractivity contribution < 1.29 is 19.1 Å². The minimum absolute atomic E-state index is 0.208. The van der Waals surface area contributed by atoms with Crippen molar-refractivity contribution >= 4 is 46.5 Å². The zero-order valence-corrected chi connectivity index (χ0v) is 26.9. The standard InChI is InChI=1S/C40H41N3O4/c1-47-35(44)22-17-27-15-19-31(20-16-27)41-39(46)40(23-7-8-24-40)42-38(45)30-18-21-33-34(26-30)43-25-9-13-28-10-5-6-14-32(28)37(43)36(33)29-11-3-2-4-12-29/h5-6,9-10,13-22,26,29H,2-4,7-8,11-12,23-25H2,1H3,(H,41,46)(H,42,45)/b22-17+. The molecule has 0 radical (unpaired) electrons. The number of hydrogen-bond acceptors (Lipinski definition) is 4. The van der Waals surface area contributed by atoms with Crippen LogP contribution in [0.4, 0.5) is 5.69 Å². The first-order valence-corrected chi connectivity index (χ1v) is 16.9. The van der Waals surface area contributed by atoms with Gasteiger partial charge in [0.2, 0.25) is 5.91 Å². The first kappa shape index (κ1) is 30.7. The Morgan fingerprint density at radius 1 is 0.915 bits per heavy atom. The summed E-state index contributed by atoms with van der Waals surface area (Å²) in [4.78, 5) is 39.2. The molecule has 7 heteroatoms. The van der Waals surface area contributed by atoms with Crippen molar-refractivity contribution in [2.75, 3.05) is 12.4 Å². The highest BCUT2D eigenvalue weighted by molar-refractivity contribution is 6.06. The zero-order valence-electron chi connectivity index (χ0n) is 26.9. The number of carbonyl (C=O) groups is 3. The fourth-order valence-corrected chi connectivity index (χ4v) is 7.78. The summed E-state index contributed by atoms with van der Waals surface area (Å²) in [6, 6.07) is 22.0. The number of rotatable bonds is 7. The average Bonchev–Trinajstić information content (AvgIpc) is 3.66. The lowest BCUT2D eigenvalue weighted by Gasteiger charge is -2.29. The van der Waals surface area contributed by atoms with Gasteiger partial charge in [-0.2, -0.15) is 0 Å². The highest BCUT2D eigenvalue weighted by atomic mass is 16.5. The predicted molar refractivity (Wildman–Crippen MR) is 187 cm³/mol. The van der Waals surface area contributed by atoms with E-state index in [9.17, 15) is 14.4 Å². The van der Waals surface area contributed by atoms with Gasteiger partial charge < -0.3 is 19.9 Å². The van der Waals surface area contributed by atoms with Crippen molar-refractivity contribution in [1.82, 2.24) is 9.88 Å². The lowest BCUT2D eigenvalue weighted by Crippen LogP contribution is -2.55. The van der Waals surface area contributed by atoms with Gasteiger partial charge in [0.25, 0.3) is 5.91 Å². The summed E-state index contributed by atoms with van der Waals surface area (Å²) in [6.45, 7) is 0.738. The van der Waals surface area contributed by atoms with Gasteiger partial charge in [-0.05, 0) is 78.6 Å². The van der Waals surface area contributed by atoms with Gasteiger partial charge in [0.1, 0.15) is 5.54 Å². The Labute approximate surface area is 275 Å². The van der Waals surface area contributed by atoms with Crippen molar-refractivity contribution in [2.24, 2.45) is 0 Å². The van der Waals surface area contributed by atoms with Crippen LogP contribution in [0.5, 0.6) is 0 Å². The molecule has 47 heavy (non-hydrogen) atoms. The summed E-state index contributed by atoms with van der Waals surface area (Å²) in [5.74, 6) is -0.372. The minimum Gasteiger partial charge on any atom is -0.466 e. The number of hydrogen-bond donors (Lipinski definition) is 2. The summed E-state index contributed by atoms with van der Waals surface area (Å²) in [5.41, 5.74) is 7.26. The maximum Gasteiger partial charge on any atom is 0.330 e. The van der Waals surface area contributed by atoms with E-state index >= 15 is 0 Å². The number of allylic oxidation sites excluding steroid dienone is 1. The highest BCUT2D eigenvalue weighted by Gasteiger charge is 2.43. The van der Waals surface area contributed by atoms with Gasteiger partial charge in [0.05, 0.1) is 12.8 Å². The quantitative estimate of drug-likeness (QED) is 0.160. The largest absolute Gasteiger partial charge is 0.466 e. The highest BCUT2D eigenvalue weighted by Crippen LogP contribution is 2.46. The first-order chi connectivity index (χ1) is 23.0. The number of fused-ring (bicyclic) bond motifs is 5. The molecule has 2 N–H and O–H groups in total. The molecule has 0 unspecified atom stereocenters. The van der Waals surface area contributed by atoms with E-state index in [1.54, 1.807) is 18.2 Å². The molecule has 2 heterocycles. The maximum atomic E-state index is 14.0. The number of methoxy groups -OCH3 is 1. The Morgan fingerprint density at radius 3 is 2.45 bits per heavy atom. The smallest absolute Gasteiger partial charge is 0.330 e. The van der Waals surface area contributed by atoms with Gasteiger partial charge >= 0.3 is 5.97 Å². The van der Waals surface area contributed by atoms with Crippen molar-refractivity contribution in [3.8, 4) is 11.3 Å². The second-order valence-electron chi connectivity index (χ2n) is 13.1. The van der Waals surface area contributed by atoms with Crippen LogP contribution in [0.25, 0.3) is 34.3 Å². The summed E-state index contributed by atoms with van der Waals surface area (Å²) < 4.78 is 7.04. The molecule has 3 aliphatic rings. The Morgan fingerprint density at radius 2 is 1.68 bits per heavy atom. The Hall–Kier alpha value is -4.91. The maximum absolute atomic E-state index is 14.0. The molecular formula is C40H41N3O4. The van der Waals surface area contributed by atoms with E-state index in [4.69, 9.17) is 0 Å². The van der Waals surface area contributed by atoms with Gasteiger partial charge in [-0.1, -0.05) is 86.7 Å². The summed E-state index contributed by atoms with van der Waals surface area (Å²) in [7, 11) is 1.33. The minimum atomic E-state index is -0.986. The Balaban J connectivity index is 1.18. The van der Waals surface area contributed by atoms with E-state index in [-0.39, 0.29) is 11.8 Å². The second kappa shape index (κ2) is 13.1. The average molecular weight is 628 g/mol. The molecule has 0 bridgehead atoms. The Bertz CT molecular complexity index is 1890. The fourth-order valence-electron chi connectivity index (χ4n) is 7.78. The van der Waals surface area contributed by atoms with Gasteiger partial charge in [0, 0.05) is 40.3 Å². The molecule has 2 amide bonds. The molecule has 240 valence electrons. The molecular weight excluding hydrogens is 586 g/mol. The van der Waals surface area contributed by atoms with Crippen LogP contribution < -0.4 is 10.6 Å². The van der Waals surface area contributed by atoms with Crippen LogP contribution in [-0.2, 0) is 20.9 Å². The number of nitrogens with one attached hydrogen (secondary N) is 2. The SMILES string of the molecule is COC(=O)/C=C/c1ccc(NC(=O)C2(NC(=O)c3ccc4c(C5CCCCC5)c5n(c4c3)CC=Cc3ccccc3-5)CCCC2)cc1. The fraction of sp³-hybridized carbons (Fsp3) is 0.325. The molecule has 0 saturated heterocycles. The molecule has 7 rings (SSSR count). The monoisotopic (exact) mass is 627 g/mol. The molecule has 1 aliphatic heterocycles. The van der Waals surface area contributed by atoms with E-state index in [1.165, 1.54) is 73.1 Å². The van der Waals surface area contributed by atoms with Crippen LogP contribution in [0.15, 0.2) is 78.9 Å². The van der Waals surface area contributed by atoms with Gasteiger partial charge in [-0.3, -0.25) is 9.59 Å². The number of ether oxygens (including phenoxy) is 1. The van der Waals surface area contributed by atoms with Crippen LogP contribution in [0.2, 0.25) is 0 Å². The second-order valence-corrected chi connectivity index (χ2v) is 13.1. The molecule has 0 atom stereocenters. The van der Waals surface area contributed by atoms with Crippen molar-refractivity contribution in [2.45, 2.75) is 75.8 Å². The van der Waals surface area contributed by atoms with Crippen molar-refractivity contribution in [3.05, 3.63) is 101 Å². The van der Waals surface area contributed by atoms with Crippen LogP contribution >= 0.6 is 0 Å². The molecule has 0 spiro atoms. The molecule has 2 fully saturated rings. The molecule has 1 aromatic heterocycles. The summed E-state index contributed by atoms with van der Waals surface area (Å²) in [5, 5.41) is 7.44. The lowest BCUT2D eigenvalue weighted by atomic mass is 9.81. The number of esters is 1. The number of anilines is 1. The van der Waals surface area contributed by atoms with E-state index in [0.29, 0.717) is 30.0 Å². The van der Waals surface area contributed by atoms with Crippen molar-refractivity contribution in [3.63, 3.8) is 0 Å². The van der Waals surface area contributed by atoms with Gasteiger partial charge in [0.15, 0.2) is 0 Å². The van der Waals surface area contributed by atoms with Crippen LogP contribution in [-0.4, -0.2) is 35.0 Å². The number of aromatic nitrogens is 1. The third-order valence-corrected chi connectivity index (χ3v) is 10.2. The molecule has 7 nitrogen and oxygen atoms in total. The third-order valence-electron chi connectivity index (χ3n) is 10.2. The van der Waals surface area contributed by atoms with Crippen LogP contribution in [0.1, 0.15) is 90.8 Å². The topological polar surface area (TPSA) is 89.4 Å². The lowest BCUT2D eigenvalue weighted by molar-refractivity contribution is -0.134. The number of carbonyl (C=O) groups excluding carboxylic acids is 3. The van der Waals surface area contributed by atoms with E-state index < -0.39 is 11.5 Å². The van der Waals surface area contributed by atoms with Crippen LogP contribution in [0.3, 0.4) is 0 Å². The molecule has 2 saturated carbocycles. The third kappa shape index (κ3) is 6.02. The number of benzene rings is 3. The number of nitrogens with zero attached hydrogens (tertiary/aromatic N) is 1. The van der Waals surface area contributed by atoms with Crippen molar-refractivity contribution in [1.29, 1.82) is 0 Å². The van der Waals surface area contributed by atoms with E-state index in [1.807, 2.05) is 24.3 Å². The molecule has 4 aromatic rings. The Kier molecular flexibility index (Phi) is 8.54. The zero-order chi connectivity index (χ0) is 32.4. The number of amides is 2. The summed E-state index contributed by atoms with van der Waals surface area (Å²) >= 11 is 0. The van der Waals surface area contributed by atoms with Crippen LogP contribution in [0, 0.1) is 0 Å². The summed E-state index contributed by atoms with van der Waals surface area (Å²) in [6.07, 6.45) is 16.5. The van der Waals surface area contributed by atoms with E-state index in [2.05, 4.69) is 62.4 Å².